The summed E-state index contributed by atoms with van der Waals surface area (Å²) in [6.07, 6.45) is 2.15. The Bertz CT molecular complexity index is 1340. The Hall–Kier alpha value is -1.82. The van der Waals surface area contributed by atoms with E-state index < -0.39 is 40.0 Å². The first kappa shape index (κ1) is 34.4. The average Bonchev–Trinajstić information content (AvgIpc) is 2.85. The molecule has 0 saturated carbocycles. The molecule has 2 aromatic rings. The van der Waals surface area contributed by atoms with Crippen molar-refractivity contribution < 1.29 is 30.6 Å². The lowest BCUT2D eigenvalue weighted by atomic mass is 9.93. The Morgan fingerprint density at radius 2 is 1.52 bits per heavy atom. The monoisotopic (exact) mass is 610 g/mol. The maximum Gasteiger partial charge on any atom is 0.297 e. The van der Waals surface area contributed by atoms with Gasteiger partial charge >= 0.3 is 0 Å². The normalized spacial score (nSPS) is 16.0. The Morgan fingerprint density at radius 1 is 0.950 bits per heavy atom. The van der Waals surface area contributed by atoms with Crippen molar-refractivity contribution in [2.75, 3.05) is 12.4 Å². The van der Waals surface area contributed by atoms with Gasteiger partial charge in [-0.2, -0.15) is 8.42 Å². The second-order valence-electron chi connectivity index (χ2n) is 12.2. The van der Waals surface area contributed by atoms with Crippen molar-refractivity contribution in [3.8, 4) is 0 Å². The maximum absolute atomic E-state index is 12.9. The van der Waals surface area contributed by atoms with Gasteiger partial charge in [0, 0.05) is 0 Å². The van der Waals surface area contributed by atoms with Crippen molar-refractivity contribution >= 4 is 28.3 Å². The standard InChI is InChI=1S/C30H46O7S2Si/c1-24(20-22-38(32,33)26-14-10-9-11-15-26)13-12-21-30(6,31)28(37-40(7,8)29(3,4)5)23-36-39(34,35)27-18-16-25(2)17-19-27/h9-11,13-19,28,31H,12,20-23H2,1-8H3/b24-13+/t28-,30+/m1/s1. The zero-order chi connectivity index (χ0) is 30.4. The van der Waals surface area contributed by atoms with Crippen LogP contribution in [0.4, 0.5) is 0 Å². The van der Waals surface area contributed by atoms with Gasteiger partial charge in [-0.1, -0.05) is 68.3 Å². The summed E-state index contributed by atoms with van der Waals surface area (Å²) >= 11 is 0. The highest BCUT2D eigenvalue weighted by Crippen LogP contribution is 2.39. The third kappa shape index (κ3) is 9.92. The summed E-state index contributed by atoms with van der Waals surface area (Å²) in [4.78, 5) is 0.352. The van der Waals surface area contributed by atoms with E-state index in [1.807, 2.05) is 33.0 Å². The van der Waals surface area contributed by atoms with Crippen LogP contribution in [0.1, 0.15) is 59.4 Å². The molecular weight excluding hydrogens is 565 g/mol. The molecule has 0 fully saturated rings. The fourth-order valence-electron chi connectivity index (χ4n) is 3.71. The quantitative estimate of drug-likeness (QED) is 0.149. The molecule has 0 aliphatic carbocycles. The highest BCUT2D eigenvalue weighted by molar-refractivity contribution is 7.91. The van der Waals surface area contributed by atoms with Gasteiger partial charge in [-0.05, 0) is 82.4 Å². The SMILES string of the molecule is C/C(=C\CC[C@](C)(O)[C@@H](COS(=O)(=O)c1ccc(C)cc1)O[Si](C)(C)C(C)(C)C)CCS(=O)(=O)c1ccccc1. The summed E-state index contributed by atoms with van der Waals surface area (Å²) in [7, 11) is -9.83. The second-order valence-corrected chi connectivity index (χ2v) is 20.7. The van der Waals surface area contributed by atoms with E-state index in [1.165, 1.54) is 12.1 Å². The van der Waals surface area contributed by atoms with Crippen LogP contribution in [0.5, 0.6) is 0 Å². The zero-order valence-electron chi connectivity index (χ0n) is 25.1. The largest absolute Gasteiger partial charge is 0.409 e. The molecule has 0 saturated heterocycles. The summed E-state index contributed by atoms with van der Waals surface area (Å²) < 4.78 is 62.9. The van der Waals surface area contributed by atoms with Crippen molar-refractivity contribution in [3.63, 3.8) is 0 Å². The number of aliphatic hydroxyl groups is 1. The van der Waals surface area contributed by atoms with E-state index in [4.69, 9.17) is 8.61 Å². The average molecular weight is 611 g/mol. The smallest absolute Gasteiger partial charge is 0.297 e. The topological polar surface area (TPSA) is 107 Å². The third-order valence-corrected chi connectivity index (χ3v) is 15.1. The van der Waals surface area contributed by atoms with E-state index in [0.717, 1.165) is 11.1 Å². The van der Waals surface area contributed by atoms with Crippen molar-refractivity contribution in [3.05, 3.63) is 71.8 Å². The minimum atomic E-state index is -4.05. The van der Waals surface area contributed by atoms with Crippen LogP contribution in [0, 0.1) is 6.92 Å². The highest BCUT2D eigenvalue weighted by atomic mass is 32.2. The molecule has 40 heavy (non-hydrogen) atoms. The van der Waals surface area contributed by atoms with Crippen LogP contribution in [-0.4, -0.2) is 54.3 Å². The van der Waals surface area contributed by atoms with E-state index >= 15 is 0 Å². The number of rotatable bonds is 14. The first-order valence-electron chi connectivity index (χ1n) is 13.6. The third-order valence-electron chi connectivity index (χ3n) is 7.63. The van der Waals surface area contributed by atoms with Crippen molar-refractivity contribution in [2.24, 2.45) is 0 Å². The number of aryl methyl sites for hydroxylation is 1. The Morgan fingerprint density at radius 3 is 2.08 bits per heavy atom. The number of benzene rings is 2. The van der Waals surface area contributed by atoms with Crippen molar-refractivity contribution in [1.82, 2.24) is 0 Å². The first-order valence-corrected chi connectivity index (χ1v) is 19.5. The van der Waals surface area contributed by atoms with E-state index in [1.54, 1.807) is 49.4 Å². The lowest BCUT2D eigenvalue weighted by Crippen LogP contribution is -2.53. The van der Waals surface area contributed by atoms with E-state index in [0.29, 0.717) is 17.7 Å². The molecule has 2 rings (SSSR count). The fourth-order valence-corrected chi connectivity index (χ4v) is 7.41. The van der Waals surface area contributed by atoms with Gasteiger partial charge < -0.3 is 9.53 Å². The molecule has 2 aromatic carbocycles. The highest BCUT2D eigenvalue weighted by Gasteiger charge is 2.44. The zero-order valence-corrected chi connectivity index (χ0v) is 27.7. The van der Waals surface area contributed by atoms with Crippen LogP contribution in [0.25, 0.3) is 0 Å². The van der Waals surface area contributed by atoms with Gasteiger partial charge in [0.05, 0.1) is 33.9 Å². The Kier molecular flexibility index (Phi) is 11.5. The molecule has 0 aliphatic rings. The molecule has 0 amide bonds. The molecule has 10 heteroatoms. The van der Waals surface area contributed by atoms with Crippen LogP contribution in [-0.2, 0) is 28.6 Å². The molecule has 7 nitrogen and oxygen atoms in total. The van der Waals surface area contributed by atoms with E-state index in [-0.39, 0.29) is 28.7 Å². The van der Waals surface area contributed by atoms with Crippen LogP contribution in [0.3, 0.4) is 0 Å². The van der Waals surface area contributed by atoms with Gasteiger partial charge in [0.15, 0.2) is 18.2 Å². The van der Waals surface area contributed by atoms with Gasteiger partial charge in [-0.15, -0.1) is 0 Å². The van der Waals surface area contributed by atoms with Gasteiger partial charge in [0.2, 0.25) is 0 Å². The molecule has 1 N–H and O–H groups in total. The minimum Gasteiger partial charge on any atom is -0.409 e. The minimum absolute atomic E-state index is 0.00242. The predicted molar refractivity (Wildman–Crippen MR) is 163 cm³/mol. The maximum atomic E-state index is 12.9. The molecule has 0 heterocycles. The van der Waals surface area contributed by atoms with Gasteiger partial charge in [-0.3, -0.25) is 4.18 Å². The molecule has 224 valence electrons. The summed E-state index contributed by atoms with van der Waals surface area (Å²) in [5.74, 6) is -0.00242. The number of allylic oxidation sites excluding steroid dienone is 2. The van der Waals surface area contributed by atoms with Crippen LogP contribution < -0.4 is 0 Å². The number of hydrogen-bond donors (Lipinski definition) is 1. The molecular formula is C30H46O7S2Si. The van der Waals surface area contributed by atoms with Gasteiger partial charge in [0.25, 0.3) is 10.1 Å². The summed E-state index contributed by atoms with van der Waals surface area (Å²) in [6, 6.07) is 14.8. The van der Waals surface area contributed by atoms with E-state index in [2.05, 4.69) is 20.8 Å². The van der Waals surface area contributed by atoms with Crippen molar-refractivity contribution in [2.45, 2.75) is 100 Å². The Labute approximate surface area is 242 Å². The van der Waals surface area contributed by atoms with Crippen LogP contribution in [0.2, 0.25) is 18.1 Å². The molecule has 0 unspecified atom stereocenters. The predicted octanol–water partition coefficient (Wildman–Crippen LogP) is 6.43. The summed E-state index contributed by atoms with van der Waals surface area (Å²) in [5, 5.41) is 11.4. The van der Waals surface area contributed by atoms with Crippen LogP contribution in [0.15, 0.2) is 76.0 Å². The number of sulfone groups is 1. The van der Waals surface area contributed by atoms with Gasteiger partial charge in [0.1, 0.15) is 0 Å². The summed E-state index contributed by atoms with van der Waals surface area (Å²) in [6.45, 7) is 15.4. The molecule has 2 atom stereocenters. The summed E-state index contributed by atoms with van der Waals surface area (Å²) in [5.41, 5.74) is 0.433. The van der Waals surface area contributed by atoms with E-state index in [9.17, 15) is 21.9 Å². The number of hydrogen-bond acceptors (Lipinski definition) is 7. The Balaban J connectivity index is 2.14. The fraction of sp³-hybridized carbons (Fsp3) is 0.533. The molecule has 0 aromatic heterocycles. The molecule has 0 bridgehead atoms. The second kappa shape index (κ2) is 13.4. The van der Waals surface area contributed by atoms with Crippen LogP contribution >= 0.6 is 0 Å². The van der Waals surface area contributed by atoms with Crippen molar-refractivity contribution in [1.29, 1.82) is 0 Å². The molecule has 0 spiro atoms. The first-order chi connectivity index (χ1) is 18.3. The lowest BCUT2D eigenvalue weighted by Gasteiger charge is -2.43. The lowest BCUT2D eigenvalue weighted by molar-refractivity contribution is -0.0746. The van der Waals surface area contributed by atoms with Gasteiger partial charge in [-0.25, -0.2) is 8.42 Å². The molecule has 0 aliphatic heterocycles. The molecule has 0 radical (unpaired) electrons.